The van der Waals surface area contributed by atoms with Crippen LogP contribution in [-0.2, 0) is 11.2 Å². The number of aromatic nitrogens is 1. The first-order valence-corrected chi connectivity index (χ1v) is 13.5. The molecule has 2 N–H and O–H groups in total. The number of para-hydroxylation sites is 1. The highest BCUT2D eigenvalue weighted by Gasteiger charge is 2.37. The molecule has 0 bridgehead atoms. The van der Waals surface area contributed by atoms with E-state index in [0.717, 1.165) is 40.7 Å². The Balaban J connectivity index is 1.55. The second-order valence-corrected chi connectivity index (χ2v) is 11.0. The number of fused-ring (bicyclic) bond motifs is 2. The predicted molar refractivity (Wildman–Crippen MR) is 154 cm³/mol. The molecule has 3 aromatic carbocycles. The van der Waals surface area contributed by atoms with Crippen LogP contribution in [-0.4, -0.2) is 54.9 Å². The van der Waals surface area contributed by atoms with Crippen LogP contribution in [0.2, 0.25) is 5.02 Å². The van der Waals surface area contributed by atoms with Crippen molar-refractivity contribution in [1.29, 1.82) is 0 Å². The van der Waals surface area contributed by atoms with Crippen LogP contribution in [0.5, 0.6) is 0 Å². The second kappa shape index (κ2) is 11.2. The molecule has 3 atom stereocenters. The van der Waals surface area contributed by atoms with Gasteiger partial charge in [-0.05, 0) is 80.0 Å². The van der Waals surface area contributed by atoms with E-state index in [2.05, 4.69) is 15.2 Å². The minimum atomic E-state index is -0.901. The molecule has 2 heterocycles. The number of hydrogen-bond donors (Lipinski definition) is 2. The minimum absolute atomic E-state index is 0.162. The standard InChI is InChI=1S/C31H32ClFN4O2/c1-19(26-16-34-27-10-5-4-9-25(26)27)29(35-30(38)21-7-6-8-24(33)15-21)31(39)37-18-20(17-36(2)3)13-22-14-23(32)11-12-28(22)37/h4-12,14-16,19-20,29,34H,13,17-18H2,1-3H3,(H,35,38)/t19?,20-,29?/m1/s1. The normalized spacial score (nSPS) is 16.7. The van der Waals surface area contributed by atoms with Gasteiger partial charge in [-0.25, -0.2) is 4.39 Å². The summed E-state index contributed by atoms with van der Waals surface area (Å²) in [6, 6.07) is 18.1. The molecular weight excluding hydrogens is 515 g/mol. The number of nitrogens with one attached hydrogen (secondary N) is 2. The number of aromatic amines is 1. The van der Waals surface area contributed by atoms with Gasteiger partial charge in [-0.2, -0.15) is 0 Å². The number of rotatable bonds is 7. The first kappa shape index (κ1) is 26.9. The Bertz CT molecular complexity index is 1520. The van der Waals surface area contributed by atoms with Gasteiger partial charge in [0.15, 0.2) is 0 Å². The topological polar surface area (TPSA) is 68.4 Å². The lowest BCUT2D eigenvalue weighted by atomic mass is 9.88. The van der Waals surface area contributed by atoms with Gasteiger partial charge in [-0.1, -0.05) is 42.8 Å². The molecule has 0 saturated heterocycles. The number of halogens is 2. The summed E-state index contributed by atoms with van der Waals surface area (Å²) in [4.78, 5) is 35.0. The van der Waals surface area contributed by atoms with E-state index in [-0.39, 0.29) is 23.3 Å². The fraction of sp³-hybridized carbons (Fsp3) is 0.290. The van der Waals surface area contributed by atoms with Crippen molar-refractivity contribution in [3.8, 4) is 0 Å². The number of anilines is 1. The molecule has 0 aliphatic carbocycles. The van der Waals surface area contributed by atoms with E-state index < -0.39 is 17.8 Å². The molecule has 6 nitrogen and oxygen atoms in total. The molecule has 0 fully saturated rings. The zero-order chi connectivity index (χ0) is 27.7. The van der Waals surface area contributed by atoms with Crippen molar-refractivity contribution >= 4 is 40.0 Å². The lowest BCUT2D eigenvalue weighted by molar-refractivity contribution is -0.121. The van der Waals surface area contributed by atoms with Gasteiger partial charge in [0, 0.05) is 52.4 Å². The molecule has 1 aliphatic rings. The van der Waals surface area contributed by atoms with Crippen molar-refractivity contribution in [2.75, 3.05) is 32.1 Å². The number of carbonyl (C=O) groups excluding carboxylic acids is 2. The van der Waals surface area contributed by atoms with Gasteiger partial charge >= 0.3 is 0 Å². The van der Waals surface area contributed by atoms with E-state index >= 15 is 0 Å². The number of benzene rings is 3. The van der Waals surface area contributed by atoms with Gasteiger partial charge in [-0.15, -0.1) is 0 Å². The van der Waals surface area contributed by atoms with Crippen molar-refractivity contribution in [1.82, 2.24) is 15.2 Å². The number of amides is 2. The predicted octanol–water partition coefficient (Wildman–Crippen LogP) is 5.63. The lowest BCUT2D eigenvalue weighted by Crippen LogP contribution is -2.54. The monoisotopic (exact) mass is 546 g/mol. The maximum atomic E-state index is 14.5. The minimum Gasteiger partial charge on any atom is -0.361 e. The molecule has 8 heteroatoms. The van der Waals surface area contributed by atoms with Crippen LogP contribution in [0.4, 0.5) is 10.1 Å². The van der Waals surface area contributed by atoms with Crippen LogP contribution in [0.25, 0.3) is 10.9 Å². The summed E-state index contributed by atoms with van der Waals surface area (Å²) in [5.74, 6) is -1.42. The Labute approximate surface area is 232 Å². The van der Waals surface area contributed by atoms with Crippen LogP contribution >= 0.6 is 11.6 Å². The van der Waals surface area contributed by atoms with E-state index in [1.165, 1.54) is 18.2 Å². The average Bonchev–Trinajstić information content (AvgIpc) is 3.34. The Morgan fingerprint density at radius 2 is 1.92 bits per heavy atom. The SMILES string of the molecule is CC(c1c[nH]c2ccccc12)C(NC(=O)c1cccc(F)c1)C(=O)N1C[C@@H](CN(C)C)Cc2cc(Cl)ccc21. The molecule has 4 aromatic rings. The zero-order valence-corrected chi connectivity index (χ0v) is 23.0. The molecule has 39 heavy (non-hydrogen) atoms. The summed E-state index contributed by atoms with van der Waals surface area (Å²) >= 11 is 6.34. The van der Waals surface area contributed by atoms with Crippen molar-refractivity contribution in [3.63, 3.8) is 0 Å². The molecule has 1 aromatic heterocycles. The van der Waals surface area contributed by atoms with Crippen LogP contribution in [0.15, 0.2) is 72.9 Å². The van der Waals surface area contributed by atoms with E-state index in [9.17, 15) is 14.0 Å². The highest BCUT2D eigenvalue weighted by Crippen LogP contribution is 2.35. The van der Waals surface area contributed by atoms with Crippen LogP contribution in [0, 0.1) is 11.7 Å². The van der Waals surface area contributed by atoms with E-state index in [0.29, 0.717) is 11.6 Å². The van der Waals surface area contributed by atoms with Crippen LogP contribution in [0.3, 0.4) is 0 Å². The Kier molecular flexibility index (Phi) is 7.73. The maximum absolute atomic E-state index is 14.5. The summed E-state index contributed by atoms with van der Waals surface area (Å²) < 4.78 is 13.9. The summed E-state index contributed by atoms with van der Waals surface area (Å²) in [6.45, 7) is 3.25. The summed E-state index contributed by atoms with van der Waals surface area (Å²) in [7, 11) is 4.03. The van der Waals surface area contributed by atoms with E-state index in [1.54, 1.807) is 17.0 Å². The highest BCUT2D eigenvalue weighted by molar-refractivity contribution is 6.30. The smallest absolute Gasteiger partial charge is 0.252 e. The highest BCUT2D eigenvalue weighted by atomic mass is 35.5. The van der Waals surface area contributed by atoms with E-state index in [1.807, 2.05) is 63.6 Å². The molecule has 5 rings (SSSR count). The second-order valence-electron chi connectivity index (χ2n) is 10.6. The molecule has 0 saturated carbocycles. The maximum Gasteiger partial charge on any atom is 0.252 e. The molecule has 2 amide bonds. The molecule has 2 unspecified atom stereocenters. The van der Waals surface area contributed by atoms with Gasteiger partial charge in [0.2, 0.25) is 5.91 Å². The van der Waals surface area contributed by atoms with E-state index in [4.69, 9.17) is 11.6 Å². The molecule has 1 aliphatic heterocycles. The van der Waals surface area contributed by atoms with Crippen LogP contribution in [0.1, 0.15) is 34.3 Å². The summed E-state index contributed by atoms with van der Waals surface area (Å²) in [6.07, 6.45) is 2.69. The third-order valence-electron chi connectivity index (χ3n) is 7.42. The Morgan fingerprint density at radius 3 is 2.69 bits per heavy atom. The summed E-state index contributed by atoms with van der Waals surface area (Å²) in [5.41, 5.74) is 3.84. The lowest BCUT2D eigenvalue weighted by Gasteiger charge is -2.38. The third-order valence-corrected chi connectivity index (χ3v) is 7.66. The van der Waals surface area contributed by atoms with Gasteiger partial charge in [0.05, 0.1) is 0 Å². The van der Waals surface area contributed by atoms with Gasteiger partial charge in [0.1, 0.15) is 11.9 Å². The average molecular weight is 547 g/mol. The number of H-pyrrole nitrogens is 1. The van der Waals surface area contributed by atoms with Gasteiger partial charge < -0.3 is 20.1 Å². The molecule has 202 valence electrons. The quantitative estimate of drug-likeness (QED) is 0.316. The Morgan fingerprint density at radius 1 is 1.13 bits per heavy atom. The molecule has 0 radical (unpaired) electrons. The Hall–Kier alpha value is -3.68. The zero-order valence-electron chi connectivity index (χ0n) is 22.2. The van der Waals surface area contributed by atoms with Crippen molar-refractivity contribution in [2.45, 2.75) is 25.3 Å². The first-order valence-electron chi connectivity index (χ1n) is 13.1. The number of nitrogens with zero attached hydrogens (tertiary/aromatic N) is 2. The van der Waals surface area contributed by atoms with Gasteiger partial charge in [-0.3, -0.25) is 9.59 Å². The van der Waals surface area contributed by atoms with Crippen molar-refractivity contribution < 1.29 is 14.0 Å². The fourth-order valence-corrected chi connectivity index (χ4v) is 5.83. The van der Waals surface area contributed by atoms with Crippen molar-refractivity contribution in [3.05, 3.63) is 100 Å². The van der Waals surface area contributed by atoms with Crippen LogP contribution < -0.4 is 10.2 Å². The molecule has 0 spiro atoms. The number of hydrogen-bond acceptors (Lipinski definition) is 3. The first-order chi connectivity index (χ1) is 18.7. The van der Waals surface area contributed by atoms with Gasteiger partial charge in [0.25, 0.3) is 5.91 Å². The third kappa shape index (κ3) is 5.70. The summed E-state index contributed by atoms with van der Waals surface area (Å²) in [5, 5.41) is 4.57. The largest absolute Gasteiger partial charge is 0.361 e. The molecular formula is C31H32ClFN4O2. The number of carbonyl (C=O) groups is 2. The fourth-order valence-electron chi connectivity index (χ4n) is 5.63. The van der Waals surface area contributed by atoms with Crippen molar-refractivity contribution in [2.24, 2.45) is 5.92 Å².